The van der Waals surface area contributed by atoms with Crippen molar-refractivity contribution in [1.82, 2.24) is 5.32 Å². The van der Waals surface area contributed by atoms with E-state index >= 15 is 0 Å². The molecule has 1 heterocycles. The molecule has 0 bridgehead atoms. The van der Waals surface area contributed by atoms with Gasteiger partial charge < -0.3 is 14.8 Å². The molecule has 0 spiro atoms. The van der Waals surface area contributed by atoms with Gasteiger partial charge in [0.05, 0.1) is 19.2 Å². The zero-order valence-electron chi connectivity index (χ0n) is 12.1. The minimum absolute atomic E-state index is 0.116. The van der Waals surface area contributed by atoms with Gasteiger partial charge in [-0.15, -0.1) is 0 Å². The SMILES string of the molecule is O=C(Cc1ccc(F)cc1)NC[C@@](O)(c1ccco1)C1CC1. The van der Waals surface area contributed by atoms with E-state index in [2.05, 4.69) is 5.32 Å². The number of hydrogen-bond acceptors (Lipinski definition) is 3. The van der Waals surface area contributed by atoms with Crippen LogP contribution < -0.4 is 5.32 Å². The van der Waals surface area contributed by atoms with E-state index in [0.717, 1.165) is 18.4 Å². The molecule has 5 heteroatoms. The van der Waals surface area contributed by atoms with Crippen molar-refractivity contribution in [1.29, 1.82) is 0 Å². The number of carbonyl (C=O) groups excluding carboxylic acids is 1. The van der Waals surface area contributed by atoms with Gasteiger partial charge in [-0.25, -0.2) is 4.39 Å². The number of amides is 1. The quantitative estimate of drug-likeness (QED) is 0.861. The first-order valence-electron chi connectivity index (χ1n) is 7.35. The van der Waals surface area contributed by atoms with Gasteiger partial charge >= 0.3 is 0 Å². The predicted molar refractivity (Wildman–Crippen MR) is 78.4 cm³/mol. The second-order valence-corrected chi connectivity index (χ2v) is 5.76. The molecular weight excluding hydrogens is 285 g/mol. The van der Waals surface area contributed by atoms with Crippen molar-refractivity contribution in [2.75, 3.05) is 6.54 Å². The fourth-order valence-corrected chi connectivity index (χ4v) is 2.60. The summed E-state index contributed by atoms with van der Waals surface area (Å²) in [6.45, 7) is 0.116. The third-order valence-corrected chi connectivity index (χ3v) is 4.03. The molecule has 0 aliphatic heterocycles. The van der Waals surface area contributed by atoms with E-state index in [1.54, 1.807) is 24.3 Å². The molecule has 116 valence electrons. The number of hydrogen-bond donors (Lipinski definition) is 2. The molecule has 1 saturated carbocycles. The Kier molecular flexibility index (Phi) is 3.98. The summed E-state index contributed by atoms with van der Waals surface area (Å²) in [7, 11) is 0. The average Bonchev–Trinajstić information content (AvgIpc) is 3.22. The molecule has 2 N–H and O–H groups in total. The standard InChI is InChI=1S/C17H18FNO3/c18-14-7-3-12(4-8-14)10-16(20)19-11-17(21,13-5-6-13)15-2-1-9-22-15/h1-4,7-9,13,21H,5-6,10-11H2,(H,19,20)/t17-/m0/s1. The van der Waals surface area contributed by atoms with Crippen molar-refractivity contribution >= 4 is 5.91 Å². The van der Waals surface area contributed by atoms with Crippen molar-refractivity contribution in [2.45, 2.75) is 24.9 Å². The minimum Gasteiger partial charge on any atom is -0.466 e. The van der Waals surface area contributed by atoms with Gasteiger partial charge in [0.2, 0.25) is 5.91 Å². The molecule has 1 aliphatic carbocycles. The third kappa shape index (κ3) is 3.20. The summed E-state index contributed by atoms with van der Waals surface area (Å²) in [5.74, 6) is 0.0594. The molecular formula is C17H18FNO3. The number of rotatable bonds is 6. The van der Waals surface area contributed by atoms with Crippen LogP contribution >= 0.6 is 0 Å². The summed E-state index contributed by atoms with van der Waals surface area (Å²) in [5, 5.41) is 13.6. The Bertz CT molecular complexity index is 634. The molecule has 0 unspecified atom stereocenters. The summed E-state index contributed by atoms with van der Waals surface area (Å²) in [4.78, 5) is 12.0. The monoisotopic (exact) mass is 303 g/mol. The van der Waals surface area contributed by atoms with Gasteiger partial charge in [0.25, 0.3) is 0 Å². The maximum atomic E-state index is 12.8. The molecule has 0 radical (unpaired) electrons. The Hall–Kier alpha value is -2.14. The van der Waals surface area contributed by atoms with Gasteiger partial charge in [-0.1, -0.05) is 12.1 Å². The Labute approximate surface area is 128 Å². The highest BCUT2D eigenvalue weighted by atomic mass is 19.1. The third-order valence-electron chi connectivity index (χ3n) is 4.03. The number of carbonyl (C=O) groups is 1. The van der Waals surface area contributed by atoms with Crippen LogP contribution in [0.4, 0.5) is 4.39 Å². The van der Waals surface area contributed by atoms with E-state index < -0.39 is 5.60 Å². The Morgan fingerprint density at radius 1 is 1.32 bits per heavy atom. The summed E-state index contributed by atoms with van der Waals surface area (Å²) in [6.07, 6.45) is 3.51. The minimum atomic E-state index is -1.15. The molecule has 1 fully saturated rings. The second-order valence-electron chi connectivity index (χ2n) is 5.76. The Balaban J connectivity index is 1.60. The number of halogens is 1. The Morgan fingerprint density at radius 2 is 2.05 bits per heavy atom. The van der Waals surface area contributed by atoms with E-state index in [1.807, 2.05) is 0 Å². The molecule has 3 rings (SSSR count). The van der Waals surface area contributed by atoms with Gasteiger partial charge in [0.15, 0.2) is 0 Å². The highest BCUT2D eigenvalue weighted by Gasteiger charge is 2.47. The number of benzene rings is 1. The zero-order valence-corrected chi connectivity index (χ0v) is 12.1. The molecule has 1 amide bonds. The van der Waals surface area contributed by atoms with Crippen molar-refractivity contribution in [3.05, 3.63) is 59.8 Å². The molecule has 1 atom stereocenters. The van der Waals surface area contributed by atoms with Gasteiger partial charge in [-0.3, -0.25) is 4.79 Å². The highest BCUT2D eigenvalue weighted by Crippen LogP contribution is 2.45. The molecule has 4 nitrogen and oxygen atoms in total. The predicted octanol–water partition coefficient (Wildman–Crippen LogP) is 2.38. The molecule has 1 aromatic heterocycles. The first-order chi connectivity index (χ1) is 10.6. The topological polar surface area (TPSA) is 62.5 Å². The first kappa shape index (κ1) is 14.8. The lowest BCUT2D eigenvalue weighted by Crippen LogP contribution is -2.42. The molecule has 22 heavy (non-hydrogen) atoms. The summed E-state index contributed by atoms with van der Waals surface area (Å²) < 4.78 is 18.2. The molecule has 0 saturated heterocycles. The van der Waals surface area contributed by atoms with Crippen LogP contribution in [0.25, 0.3) is 0 Å². The van der Waals surface area contributed by atoms with Gasteiger partial charge in [0, 0.05) is 0 Å². The largest absolute Gasteiger partial charge is 0.466 e. The summed E-state index contributed by atoms with van der Waals surface area (Å²) in [6, 6.07) is 9.26. The smallest absolute Gasteiger partial charge is 0.224 e. The van der Waals surface area contributed by atoms with Crippen LogP contribution in [-0.2, 0) is 16.8 Å². The van der Waals surface area contributed by atoms with Crippen LogP contribution in [-0.4, -0.2) is 17.6 Å². The molecule has 2 aromatic rings. The van der Waals surface area contributed by atoms with Crippen molar-refractivity contribution in [2.24, 2.45) is 5.92 Å². The lowest BCUT2D eigenvalue weighted by atomic mass is 9.94. The fraction of sp³-hybridized carbons (Fsp3) is 0.353. The summed E-state index contributed by atoms with van der Waals surface area (Å²) >= 11 is 0. The molecule has 1 aromatic carbocycles. The number of nitrogens with one attached hydrogen (secondary N) is 1. The van der Waals surface area contributed by atoms with E-state index in [9.17, 15) is 14.3 Å². The maximum absolute atomic E-state index is 12.8. The fourth-order valence-electron chi connectivity index (χ4n) is 2.60. The summed E-state index contributed by atoms with van der Waals surface area (Å²) in [5.41, 5.74) is -0.422. The lowest BCUT2D eigenvalue weighted by molar-refractivity contribution is -0.122. The van der Waals surface area contributed by atoms with Crippen LogP contribution in [0.15, 0.2) is 47.1 Å². The van der Waals surface area contributed by atoms with Crippen molar-refractivity contribution in [3.8, 4) is 0 Å². The Morgan fingerprint density at radius 3 is 2.64 bits per heavy atom. The van der Waals surface area contributed by atoms with E-state index in [4.69, 9.17) is 4.42 Å². The van der Waals surface area contributed by atoms with Crippen molar-refractivity contribution < 1.29 is 18.7 Å². The maximum Gasteiger partial charge on any atom is 0.224 e. The second kappa shape index (κ2) is 5.93. The average molecular weight is 303 g/mol. The van der Waals surface area contributed by atoms with E-state index in [-0.39, 0.29) is 30.6 Å². The van der Waals surface area contributed by atoms with Crippen LogP contribution in [0, 0.1) is 11.7 Å². The normalized spacial score (nSPS) is 17.0. The van der Waals surface area contributed by atoms with Crippen molar-refractivity contribution in [3.63, 3.8) is 0 Å². The zero-order chi connectivity index (χ0) is 15.6. The van der Waals surface area contributed by atoms with Gasteiger partial charge in [-0.2, -0.15) is 0 Å². The van der Waals surface area contributed by atoms with Crippen LogP contribution in [0.2, 0.25) is 0 Å². The number of aliphatic hydroxyl groups is 1. The van der Waals surface area contributed by atoms with Crippen LogP contribution in [0.3, 0.4) is 0 Å². The van der Waals surface area contributed by atoms with Crippen LogP contribution in [0.1, 0.15) is 24.2 Å². The van der Waals surface area contributed by atoms with Gasteiger partial charge in [-0.05, 0) is 48.6 Å². The molecule has 1 aliphatic rings. The number of furan rings is 1. The van der Waals surface area contributed by atoms with Crippen LogP contribution in [0.5, 0.6) is 0 Å². The lowest BCUT2D eigenvalue weighted by Gasteiger charge is -2.26. The highest BCUT2D eigenvalue weighted by molar-refractivity contribution is 5.78. The van der Waals surface area contributed by atoms with E-state index in [0.29, 0.717) is 5.76 Å². The van der Waals surface area contributed by atoms with E-state index in [1.165, 1.54) is 18.4 Å². The first-order valence-corrected chi connectivity index (χ1v) is 7.35. The van der Waals surface area contributed by atoms with Gasteiger partial charge in [0.1, 0.15) is 17.2 Å².